The summed E-state index contributed by atoms with van der Waals surface area (Å²) in [5.74, 6) is 0.527. The van der Waals surface area contributed by atoms with Crippen LogP contribution in [0.5, 0.6) is 0 Å². The number of aromatic nitrogens is 2. The molecule has 0 atom stereocenters. The van der Waals surface area contributed by atoms with E-state index in [-0.39, 0.29) is 5.54 Å². The lowest BCUT2D eigenvalue weighted by Crippen LogP contribution is -2.35. The molecule has 0 fully saturated rings. The van der Waals surface area contributed by atoms with E-state index < -0.39 is 0 Å². The van der Waals surface area contributed by atoms with E-state index in [1.54, 1.807) is 0 Å². The average molecular weight is 223 g/mol. The highest BCUT2D eigenvalue weighted by molar-refractivity contribution is 5.21. The summed E-state index contributed by atoms with van der Waals surface area (Å²) in [7, 11) is 0. The van der Waals surface area contributed by atoms with Crippen LogP contribution >= 0.6 is 0 Å². The van der Waals surface area contributed by atoms with Gasteiger partial charge in [-0.2, -0.15) is 5.10 Å². The standard InChI is InChI=1S/C13H25N3/c1-7-16-12(10(2)3)11(9-15-16)8-14-13(4,5)6/h9-10,14H,7-8H2,1-6H3. The Bertz CT molecular complexity index is 331. The Morgan fingerprint density at radius 2 is 2.00 bits per heavy atom. The molecule has 0 spiro atoms. The van der Waals surface area contributed by atoms with Crippen LogP contribution in [0.4, 0.5) is 0 Å². The number of hydrogen-bond donors (Lipinski definition) is 1. The molecule has 1 heterocycles. The molecule has 1 N–H and O–H groups in total. The van der Waals surface area contributed by atoms with Crippen LogP contribution in [0.25, 0.3) is 0 Å². The zero-order valence-electron chi connectivity index (χ0n) is 11.5. The fourth-order valence-corrected chi connectivity index (χ4v) is 1.85. The van der Waals surface area contributed by atoms with Gasteiger partial charge in [0.2, 0.25) is 0 Å². The maximum absolute atomic E-state index is 4.43. The normalized spacial score (nSPS) is 12.4. The molecule has 1 aromatic rings. The first-order valence-corrected chi connectivity index (χ1v) is 6.14. The van der Waals surface area contributed by atoms with Crippen LogP contribution in [-0.4, -0.2) is 15.3 Å². The van der Waals surface area contributed by atoms with Crippen molar-refractivity contribution >= 4 is 0 Å². The van der Waals surface area contributed by atoms with Crippen molar-refractivity contribution in [3.05, 3.63) is 17.5 Å². The van der Waals surface area contributed by atoms with Crippen LogP contribution < -0.4 is 5.32 Å². The summed E-state index contributed by atoms with van der Waals surface area (Å²) in [5.41, 5.74) is 2.84. The molecule has 1 aromatic heterocycles. The highest BCUT2D eigenvalue weighted by atomic mass is 15.3. The summed E-state index contributed by atoms with van der Waals surface area (Å²) in [6.07, 6.45) is 2.00. The van der Waals surface area contributed by atoms with Gasteiger partial charge in [0.25, 0.3) is 0 Å². The molecule has 3 heteroatoms. The van der Waals surface area contributed by atoms with E-state index >= 15 is 0 Å². The minimum atomic E-state index is 0.155. The average Bonchev–Trinajstić information content (AvgIpc) is 2.56. The number of aryl methyl sites for hydroxylation is 1. The molecular formula is C13H25N3. The molecule has 1 rings (SSSR count). The van der Waals surface area contributed by atoms with Gasteiger partial charge in [0.15, 0.2) is 0 Å². The van der Waals surface area contributed by atoms with Crippen molar-refractivity contribution in [1.29, 1.82) is 0 Å². The summed E-state index contributed by atoms with van der Waals surface area (Å²) < 4.78 is 2.10. The molecule has 92 valence electrons. The predicted octanol–water partition coefficient (Wildman–Crippen LogP) is 2.91. The van der Waals surface area contributed by atoms with Crippen LogP contribution in [-0.2, 0) is 13.1 Å². The van der Waals surface area contributed by atoms with Crippen LogP contribution in [0.2, 0.25) is 0 Å². The van der Waals surface area contributed by atoms with Crippen LogP contribution in [0.3, 0.4) is 0 Å². The van der Waals surface area contributed by atoms with E-state index in [9.17, 15) is 0 Å². The van der Waals surface area contributed by atoms with Crippen molar-refractivity contribution in [2.75, 3.05) is 0 Å². The van der Waals surface area contributed by atoms with Gasteiger partial charge in [0.1, 0.15) is 0 Å². The van der Waals surface area contributed by atoms with E-state index in [0.29, 0.717) is 5.92 Å². The van der Waals surface area contributed by atoms with Gasteiger partial charge in [-0.1, -0.05) is 13.8 Å². The van der Waals surface area contributed by atoms with Crippen molar-refractivity contribution in [2.45, 2.75) is 66.1 Å². The summed E-state index contributed by atoms with van der Waals surface area (Å²) in [6, 6.07) is 0. The Morgan fingerprint density at radius 1 is 1.38 bits per heavy atom. The fraction of sp³-hybridized carbons (Fsp3) is 0.769. The van der Waals surface area contributed by atoms with Crippen LogP contribution in [0.1, 0.15) is 58.7 Å². The fourth-order valence-electron chi connectivity index (χ4n) is 1.85. The van der Waals surface area contributed by atoms with Gasteiger partial charge in [-0.25, -0.2) is 0 Å². The predicted molar refractivity (Wildman–Crippen MR) is 68.6 cm³/mol. The van der Waals surface area contributed by atoms with Crippen LogP contribution in [0.15, 0.2) is 6.20 Å². The van der Waals surface area contributed by atoms with Crippen molar-refractivity contribution in [1.82, 2.24) is 15.1 Å². The molecule has 0 amide bonds. The first kappa shape index (κ1) is 13.2. The van der Waals surface area contributed by atoms with Gasteiger partial charge in [-0.3, -0.25) is 4.68 Å². The maximum atomic E-state index is 4.43. The molecule has 0 aliphatic rings. The Labute approximate surface area is 99.2 Å². The molecule has 0 saturated carbocycles. The molecule has 3 nitrogen and oxygen atoms in total. The SMILES string of the molecule is CCn1ncc(CNC(C)(C)C)c1C(C)C. The Kier molecular flexibility index (Phi) is 4.14. The van der Waals surface area contributed by atoms with E-state index in [1.807, 2.05) is 6.20 Å². The Morgan fingerprint density at radius 3 is 2.44 bits per heavy atom. The van der Waals surface area contributed by atoms with Gasteiger partial charge in [-0.15, -0.1) is 0 Å². The molecule has 0 unspecified atom stereocenters. The lowest BCUT2D eigenvalue weighted by Gasteiger charge is -2.21. The van der Waals surface area contributed by atoms with Crippen molar-refractivity contribution < 1.29 is 0 Å². The van der Waals surface area contributed by atoms with Gasteiger partial charge in [-0.05, 0) is 33.6 Å². The zero-order valence-corrected chi connectivity index (χ0v) is 11.5. The molecule has 0 radical (unpaired) electrons. The number of hydrogen-bond acceptors (Lipinski definition) is 2. The van der Waals surface area contributed by atoms with E-state index in [4.69, 9.17) is 0 Å². The highest BCUT2D eigenvalue weighted by Gasteiger charge is 2.15. The Hall–Kier alpha value is -0.830. The molecule has 0 bridgehead atoms. The molecule has 0 saturated heterocycles. The van der Waals surface area contributed by atoms with E-state index in [2.05, 4.69) is 56.6 Å². The summed E-state index contributed by atoms with van der Waals surface area (Å²) in [5, 5.41) is 7.95. The lowest BCUT2D eigenvalue weighted by atomic mass is 10.0. The molecule has 0 aliphatic heterocycles. The summed E-state index contributed by atoms with van der Waals surface area (Å²) in [4.78, 5) is 0. The molecular weight excluding hydrogens is 198 g/mol. The molecule has 0 aliphatic carbocycles. The minimum Gasteiger partial charge on any atom is -0.308 e. The Balaban J connectivity index is 2.84. The van der Waals surface area contributed by atoms with Crippen molar-refractivity contribution in [3.63, 3.8) is 0 Å². The van der Waals surface area contributed by atoms with Gasteiger partial charge in [0, 0.05) is 29.9 Å². The van der Waals surface area contributed by atoms with Crippen molar-refractivity contribution in [2.24, 2.45) is 0 Å². The van der Waals surface area contributed by atoms with Gasteiger partial charge < -0.3 is 5.32 Å². The van der Waals surface area contributed by atoms with Gasteiger partial charge >= 0.3 is 0 Å². The zero-order chi connectivity index (χ0) is 12.3. The number of nitrogens with one attached hydrogen (secondary N) is 1. The third-order valence-electron chi connectivity index (χ3n) is 2.62. The topological polar surface area (TPSA) is 29.9 Å². The molecule has 16 heavy (non-hydrogen) atoms. The molecule has 0 aromatic carbocycles. The van der Waals surface area contributed by atoms with E-state index in [0.717, 1.165) is 13.1 Å². The monoisotopic (exact) mass is 223 g/mol. The third-order valence-corrected chi connectivity index (χ3v) is 2.62. The smallest absolute Gasteiger partial charge is 0.0537 e. The second-order valence-electron chi connectivity index (χ2n) is 5.63. The largest absolute Gasteiger partial charge is 0.308 e. The quantitative estimate of drug-likeness (QED) is 0.850. The lowest BCUT2D eigenvalue weighted by molar-refractivity contribution is 0.422. The van der Waals surface area contributed by atoms with Crippen LogP contribution in [0, 0.1) is 0 Å². The second kappa shape index (κ2) is 5.00. The second-order valence-corrected chi connectivity index (χ2v) is 5.63. The number of rotatable bonds is 4. The van der Waals surface area contributed by atoms with E-state index in [1.165, 1.54) is 11.3 Å². The first-order chi connectivity index (χ1) is 7.35. The first-order valence-electron chi connectivity index (χ1n) is 6.14. The van der Waals surface area contributed by atoms with Crippen molar-refractivity contribution in [3.8, 4) is 0 Å². The maximum Gasteiger partial charge on any atom is 0.0537 e. The summed E-state index contributed by atoms with van der Waals surface area (Å²) >= 11 is 0. The number of nitrogens with zero attached hydrogens (tertiary/aromatic N) is 2. The minimum absolute atomic E-state index is 0.155. The van der Waals surface area contributed by atoms with Gasteiger partial charge in [0.05, 0.1) is 6.20 Å². The third kappa shape index (κ3) is 3.34. The summed E-state index contributed by atoms with van der Waals surface area (Å²) in [6.45, 7) is 15.0. The highest BCUT2D eigenvalue weighted by Crippen LogP contribution is 2.19.